The number of nitrogens with zero attached hydrogens (tertiary/aromatic N) is 1. The minimum absolute atomic E-state index is 0.141. The van der Waals surface area contributed by atoms with Crippen molar-refractivity contribution < 1.29 is 18.0 Å². The van der Waals surface area contributed by atoms with Crippen molar-refractivity contribution in [3.63, 3.8) is 0 Å². The molecule has 0 aromatic carbocycles. The molecule has 0 unspecified atom stereocenters. The Bertz CT molecular complexity index is 389. The molecule has 1 rings (SSSR count). The molecule has 0 saturated heterocycles. The molecule has 1 aromatic heterocycles. The van der Waals surface area contributed by atoms with Crippen molar-refractivity contribution in [2.24, 2.45) is 5.16 Å². The molecule has 0 radical (unpaired) electrons. The Kier molecular flexibility index (Phi) is 2.18. The normalized spacial score (nSPS) is 12.4. The van der Waals surface area contributed by atoms with Gasteiger partial charge < -0.3 is 9.62 Å². The fraction of sp³-hybridized carbons (Fsp3) is 0.167. The molecule has 0 aliphatic carbocycles. The smallest absolute Gasteiger partial charge is 0.218 e. The second-order valence-corrected chi connectivity index (χ2v) is 4.12. The van der Waals surface area contributed by atoms with E-state index in [1.54, 1.807) is 0 Å². The maximum atomic E-state index is 10.8. The van der Waals surface area contributed by atoms with E-state index in [4.69, 9.17) is 9.62 Å². The number of hydrogen-bond acceptors (Lipinski definition) is 5. The van der Waals surface area contributed by atoms with E-state index in [-0.39, 0.29) is 10.9 Å². The zero-order valence-electron chi connectivity index (χ0n) is 6.26. The zero-order valence-corrected chi connectivity index (χ0v) is 7.08. The molecular formula is C6H7NO4S. The summed E-state index contributed by atoms with van der Waals surface area (Å²) in [7, 11) is -3.31. The van der Waals surface area contributed by atoms with Gasteiger partial charge in [-0.1, -0.05) is 5.16 Å². The molecule has 5 nitrogen and oxygen atoms in total. The molecule has 1 aromatic rings. The highest BCUT2D eigenvalue weighted by Gasteiger charge is 2.11. The van der Waals surface area contributed by atoms with Gasteiger partial charge in [0.1, 0.15) is 12.0 Å². The van der Waals surface area contributed by atoms with Crippen molar-refractivity contribution in [1.82, 2.24) is 0 Å². The summed E-state index contributed by atoms with van der Waals surface area (Å²) in [6.45, 7) is 0. The van der Waals surface area contributed by atoms with Gasteiger partial charge >= 0.3 is 0 Å². The van der Waals surface area contributed by atoms with Gasteiger partial charge in [-0.3, -0.25) is 0 Å². The van der Waals surface area contributed by atoms with Crippen LogP contribution in [-0.2, 0) is 9.84 Å². The number of oxime groups is 1. The van der Waals surface area contributed by atoms with Crippen molar-refractivity contribution in [2.75, 3.05) is 6.26 Å². The van der Waals surface area contributed by atoms with Gasteiger partial charge in [0.25, 0.3) is 0 Å². The number of furan rings is 1. The molecule has 66 valence electrons. The summed E-state index contributed by atoms with van der Waals surface area (Å²) in [6, 6.07) is 2.70. The van der Waals surface area contributed by atoms with Crippen molar-refractivity contribution in [2.45, 2.75) is 5.09 Å². The van der Waals surface area contributed by atoms with Gasteiger partial charge in [-0.15, -0.1) is 0 Å². The number of rotatable bonds is 2. The Morgan fingerprint density at radius 3 is 2.67 bits per heavy atom. The molecule has 6 heteroatoms. The Hall–Kier alpha value is -1.30. The highest BCUT2D eigenvalue weighted by Crippen LogP contribution is 2.11. The van der Waals surface area contributed by atoms with Crippen LogP contribution in [0.25, 0.3) is 0 Å². The fourth-order valence-corrected chi connectivity index (χ4v) is 1.22. The van der Waals surface area contributed by atoms with E-state index >= 15 is 0 Å². The monoisotopic (exact) mass is 189 g/mol. The van der Waals surface area contributed by atoms with Crippen LogP contribution in [0.1, 0.15) is 5.76 Å². The number of hydrogen-bond donors (Lipinski definition) is 1. The summed E-state index contributed by atoms with van der Waals surface area (Å²) < 4.78 is 26.5. The van der Waals surface area contributed by atoms with Gasteiger partial charge in [-0.2, -0.15) is 0 Å². The van der Waals surface area contributed by atoms with Gasteiger partial charge in [-0.05, 0) is 12.1 Å². The van der Waals surface area contributed by atoms with Crippen molar-refractivity contribution >= 4 is 16.1 Å². The molecule has 0 saturated carbocycles. The van der Waals surface area contributed by atoms with Crippen LogP contribution in [0.5, 0.6) is 0 Å². The van der Waals surface area contributed by atoms with Gasteiger partial charge in [0.15, 0.2) is 0 Å². The molecule has 0 aliphatic rings. The molecule has 0 atom stereocenters. The van der Waals surface area contributed by atoms with Crippen LogP contribution in [-0.4, -0.2) is 26.1 Å². The molecule has 0 spiro atoms. The largest absolute Gasteiger partial charge is 0.444 e. The first-order valence-corrected chi connectivity index (χ1v) is 4.90. The van der Waals surface area contributed by atoms with E-state index < -0.39 is 9.84 Å². The predicted octanol–water partition coefficient (Wildman–Crippen LogP) is 0.491. The lowest BCUT2D eigenvalue weighted by molar-refractivity contribution is 0.320. The lowest BCUT2D eigenvalue weighted by Crippen LogP contribution is -1.93. The molecule has 1 heterocycles. The Balaban J connectivity index is 3.08. The molecule has 12 heavy (non-hydrogen) atoms. The lowest BCUT2D eigenvalue weighted by Gasteiger charge is -1.88. The summed E-state index contributed by atoms with van der Waals surface area (Å²) in [5.74, 6) is 0.193. The first kappa shape index (κ1) is 8.79. The first-order valence-electron chi connectivity index (χ1n) is 3.01. The first-order chi connectivity index (χ1) is 5.54. The maximum absolute atomic E-state index is 10.8. The van der Waals surface area contributed by atoms with Crippen LogP contribution < -0.4 is 0 Å². The van der Waals surface area contributed by atoms with Gasteiger partial charge in [0.05, 0.1) is 0 Å². The standard InChI is InChI=1S/C6H7NO4S/c1-12(9,10)6-3-2-5(11-6)4-7-8/h2-4,8H,1H3/b7-4+. The Labute approximate surface area is 69.2 Å². The van der Waals surface area contributed by atoms with E-state index in [9.17, 15) is 8.42 Å². The van der Waals surface area contributed by atoms with E-state index in [0.29, 0.717) is 0 Å². The number of sulfone groups is 1. The lowest BCUT2D eigenvalue weighted by atomic mass is 10.5. The van der Waals surface area contributed by atoms with Crippen LogP contribution in [0.15, 0.2) is 26.8 Å². The quantitative estimate of drug-likeness (QED) is 0.417. The van der Waals surface area contributed by atoms with Crippen molar-refractivity contribution in [3.05, 3.63) is 17.9 Å². The van der Waals surface area contributed by atoms with Crippen LogP contribution in [0.2, 0.25) is 0 Å². The maximum Gasteiger partial charge on any atom is 0.218 e. The highest BCUT2D eigenvalue weighted by atomic mass is 32.2. The summed E-state index contributed by atoms with van der Waals surface area (Å²) in [5.41, 5.74) is 0. The van der Waals surface area contributed by atoms with E-state index in [1.807, 2.05) is 0 Å². The van der Waals surface area contributed by atoms with E-state index in [2.05, 4.69) is 5.16 Å². The minimum atomic E-state index is -3.31. The third-order valence-electron chi connectivity index (χ3n) is 1.15. The van der Waals surface area contributed by atoms with Crippen LogP contribution in [0.3, 0.4) is 0 Å². The van der Waals surface area contributed by atoms with Crippen molar-refractivity contribution in [1.29, 1.82) is 0 Å². The average Bonchev–Trinajstić information content (AvgIpc) is 2.35. The second kappa shape index (κ2) is 2.98. The van der Waals surface area contributed by atoms with Crippen molar-refractivity contribution in [3.8, 4) is 0 Å². The SMILES string of the molecule is CS(=O)(=O)c1ccc(/C=N/O)o1. The fourth-order valence-electron chi connectivity index (χ4n) is 0.660. The summed E-state index contributed by atoms with van der Waals surface area (Å²) in [5, 5.41) is 10.6. The van der Waals surface area contributed by atoms with Crippen LogP contribution in [0, 0.1) is 0 Å². The third kappa shape index (κ3) is 1.85. The summed E-state index contributed by atoms with van der Waals surface area (Å²) in [6.07, 6.45) is 2.04. The molecule has 0 bridgehead atoms. The van der Waals surface area contributed by atoms with Gasteiger partial charge in [-0.25, -0.2) is 8.42 Å². The van der Waals surface area contributed by atoms with Crippen LogP contribution >= 0.6 is 0 Å². The predicted molar refractivity (Wildman–Crippen MR) is 41.2 cm³/mol. The van der Waals surface area contributed by atoms with Crippen LogP contribution in [0.4, 0.5) is 0 Å². The zero-order chi connectivity index (χ0) is 9.19. The molecule has 0 fully saturated rings. The Morgan fingerprint density at radius 1 is 1.58 bits per heavy atom. The molecule has 0 amide bonds. The minimum Gasteiger partial charge on any atom is -0.444 e. The topological polar surface area (TPSA) is 79.9 Å². The van der Waals surface area contributed by atoms with Gasteiger partial charge in [0, 0.05) is 6.26 Å². The average molecular weight is 189 g/mol. The second-order valence-electron chi connectivity index (χ2n) is 2.17. The van der Waals surface area contributed by atoms with Gasteiger partial charge in [0.2, 0.25) is 14.9 Å². The Morgan fingerprint density at radius 2 is 2.25 bits per heavy atom. The molecule has 1 N–H and O–H groups in total. The van der Waals surface area contributed by atoms with E-state index in [1.165, 1.54) is 12.1 Å². The molecule has 0 aliphatic heterocycles. The molecular weight excluding hydrogens is 182 g/mol. The van der Waals surface area contributed by atoms with E-state index in [0.717, 1.165) is 12.5 Å². The summed E-state index contributed by atoms with van der Waals surface area (Å²) >= 11 is 0. The summed E-state index contributed by atoms with van der Waals surface area (Å²) in [4.78, 5) is 0. The highest BCUT2D eigenvalue weighted by molar-refractivity contribution is 7.90. The third-order valence-corrected chi connectivity index (χ3v) is 2.10.